The van der Waals surface area contributed by atoms with Crippen molar-refractivity contribution < 1.29 is 9.59 Å². The number of rotatable bonds is 3. The average molecular weight is 405 g/mol. The summed E-state index contributed by atoms with van der Waals surface area (Å²) in [4.78, 5) is 30.6. The summed E-state index contributed by atoms with van der Waals surface area (Å²) < 4.78 is 1.95. The normalized spacial score (nSPS) is 16.4. The molecule has 2 aromatic heterocycles. The molecule has 1 aromatic carbocycles. The summed E-state index contributed by atoms with van der Waals surface area (Å²) in [6, 6.07) is 11.4. The Morgan fingerprint density at radius 3 is 2.20 bits per heavy atom. The van der Waals surface area contributed by atoms with Gasteiger partial charge < -0.3 is 9.80 Å². The predicted octanol–water partition coefficient (Wildman–Crippen LogP) is 1.40. The van der Waals surface area contributed by atoms with Crippen molar-refractivity contribution in [3.05, 3.63) is 59.7 Å². The van der Waals surface area contributed by atoms with E-state index in [1.807, 2.05) is 41.1 Å². The highest BCUT2D eigenvalue weighted by molar-refractivity contribution is 5.94. The number of nitrogens with zero attached hydrogens (tertiary/aromatic N) is 7. The Morgan fingerprint density at radius 2 is 1.50 bits per heavy atom. The van der Waals surface area contributed by atoms with Crippen LogP contribution in [0.1, 0.15) is 39.5 Å². The van der Waals surface area contributed by atoms with E-state index >= 15 is 0 Å². The SMILES string of the molecule is O=C(c1cnn(-c2ccccc2)n1)N1CCN(C(=O)c2cc3n(n2)CCCC3)CC1. The molecule has 0 radical (unpaired) electrons. The molecule has 2 aliphatic rings. The molecule has 0 spiro atoms. The summed E-state index contributed by atoms with van der Waals surface area (Å²) in [6.45, 7) is 2.79. The molecule has 1 saturated heterocycles. The van der Waals surface area contributed by atoms with Crippen molar-refractivity contribution >= 4 is 11.8 Å². The Bertz CT molecular complexity index is 1040. The van der Waals surface area contributed by atoms with Crippen LogP contribution in [-0.2, 0) is 13.0 Å². The van der Waals surface area contributed by atoms with Gasteiger partial charge in [0, 0.05) is 38.4 Å². The molecule has 0 saturated carbocycles. The van der Waals surface area contributed by atoms with Gasteiger partial charge in [-0.1, -0.05) is 18.2 Å². The van der Waals surface area contributed by atoms with Crippen LogP contribution >= 0.6 is 0 Å². The largest absolute Gasteiger partial charge is 0.334 e. The fourth-order valence-electron chi connectivity index (χ4n) is 4.01. The van der Waals surface area contributed by atoms with E-state index in [1.54, 1.807) is 9.80 Å². The number of carbonyl (C=O) groups is 2. The Hall–Kier alpha value is -3.49. The lowest BCUT2D eigenvalue weighted by Gasteiger charge is -2.34. The zero-order chi connectivity index (χ0) is 20.5. The Kier molecular flexibility index (Phi) is 4.78. The van der Waals surface area contributed by atoms with Crippen LogP contribution < -0.4 is 0 Å². The minimum absolute atomic E-state index is 0.0565. The molecule has 154 valence electrons. The Balaban J connectivity index is 1.21. The number of aromatic nitrogens is 5. The second-order valence-electron chi connectivity index (χ2n) is 7.64. The second-order valence-corrected chi connectivity index (χ2v) is 7.64. The summed E-state index contributed by atoms with van der Waals surface area (Å²) in [5.74, 6) is -0.222. The zero-order valence-corrected chi connectivity index (χ0v) is 16.6. The van der Waals surface area contributed by atoms with Gasteiger partial charge in [0.1, 0.15) is 0 Å². The molecule has 9 nitrogen and oxygen atoms in total. The number of hydrogen-bond donors (Lipinski definition) is 0. The molecule has 0 unspecified atom stereocenters. The first kappa shape index (κ1) is 18.5. The third-order valence-corrected chi connectivity index (χ3v) is 5.69. The first-order valence-electron chi connectivity index (χ1n) is 10.3. The molecule has 0 aliphatic carbocycles. The van der Waals surface area contributed by atoms with E-state index < -0.39 is 0 Å². The standard InChI is InChI=1S/C21H23N7O2/c29-20(18-14-17-8-4-5-9-27(17)23-18)25-10-12-26(13-11-25)21(30)19-15-22-28(24-19)16-6-2-1-3-7-16/h1-3,6-7,14-15H,4-5,8-13H2. The summed E-state index contributed by atoms with van der Waals surface area (Å²) in [5, 5.41) is 13.0. The summed E-state index contributed by atoms with van der Waals surface area (Å²) in [5.41, 5.74) is 2.76. The van der Waals surface area contributed by atoms with E-state index in [9.17, 15) is 9.59 Å². The molecule has 0 N–H and O–H groups in total. The van der Waals surface area contributed by atoms with Crippen molar-refractivity contribution in [2.45, 2.75) is 25.8 Å². The van der Waals surface area contributed by atoms with Crippen molar-refractivity contribution in [3.8, 4) is 5.69 Å². The van der Waals surface area contributed by atoms with Gasteiger partial charge in [-0.05, 0) is 37.5 Å². The number of hydrogen-bond acceptors (Lipinski definition) is 5. The lowest BCUT2D eigenvalue weighted by atomic mass is 10.1. The third-order valence-electron chi connectivity index (χ3n) is 5.69. The Morgan fingerprint density at radius 1 is 0.800 bits per heavy atom. The molecule has 0 atom stereocenters. The van der Waals surface area contributed by atoms with E-state index in [0.717, 1.165) is 37.2 Å². The van der Waals surface area contributed by atoms with Crippen molar-refractivity contribution in [2.75, 3.05) is 26.2 Å². The van der Waals surface area contributed by atoms with Crippen LogP contribution in [0.3, 0.4) is 0 Å². The van der Waals surface area contributed by atoms with E-state index in [4.69, 9.17) is 0 Å². The van der Waals surface area contributed by atoms with E-state index in [-0.39, 0.29) is 11.8 Å². The fourth-order valence-corrected chi connectivity index (χ4v) is 4.01. The topological polar surface area (TPSA) is 89.2 Å². The average Bonchev–Trinajstić information content (AvgIpc) is 3.46. The van der Waals surface area contributed by atoms with Crippen molar-refractivity contribution in [2.24, 2.45) is 0 Å². The van der Waals surface area contributed by atoms with Crippen LogP contribution in [0, 0.1) is 0 Å². The van der Waals surface area contributed by atoms with Gasteiger partial charge in [0.15, 0.2) is 11.4 Å². The van der Waals surface area contributed by atoms with Gasteiger partial charge in [-0.2, -0.15) is 15.0 Å². The molecule has 2 aliphatic heterocycles. The summed E-state index contributed by atoms with van der Waals surface area (Å²) >= 11 is 0. The molecule has 30 heavy (non-hydrogen) atoms. The van der Waals surface area contributed by atoms with E-state index in [1.165, 1.54) is 11.0 Å². The maximum Gasteiger partial charge on any atom is 0.276 e. The van der Waals surface area contributed by atoms with Crippen LogP contribution in [-0.4, -0.2) is 72.6 Å². The molecule has 1 fully saturated rings. The summed E-state index contributed by atoms with van der Waals surface area (Å²) in [7, 11) is 0. The van der Waals surface area contributed by atoms with Gasteiger partial charge in [0.05, 0.1) is 11.9 Å². The number of piperazine rings is 1. The number of aryl methyl sites for hydroxylation is 2. The summed E-state index contributed by atoms with van der Waals surface area (Å²) in [6.07, 6.45) is 4.72. The van der Waals surface area contributed by atoms with Crippen molar-refractivity contribution in [3.63, 3.8) is 0 Å². The third kappa shape index (κ3) is 3.47. The van der Waals surface area contributed by atoms with Crippen molar-refractivity contribution in [1.82, 2.24) is 34.6 Å². The van der Waals surface area contributed by atoms with Crippen molar-refractivity contribution in [1.29, 1.82) is 0 Å². The Labute approximate surface area is 173 Å². The lowest BCUT2D eigenvalue weighted by molar-refractivity contribution is 0.0528. The van der Waals surface area contributed by atoms with Gasteiger partial charge in [-0.25, -0.2) is 0 Å². The van der Waals surface area contributed by atoms with Gasteiger partial charge in [-0.15, -0.1) is 5.10 Å². The number of carbonyl (C=O) groups excluding carboxylic acids is 2. The minimum Gasteiger partial charge on any atom is -0.334 e. The highest BCUT2D eigenvalue weighted by Gasteiger charge is 2.28. The number of amides is 2. The first-order chi connectivity index (χ1) is 14.7. The van der Waals surface area contributed by atoms with Crippen LogP contribution in [0.5, 0.6) is 0 Å². The van der Waals surface area contributed by atoms with Gasteiger partial charge in [0.2, 0.25) is 0 Å². The highest BCUT2D eigenvalue weighted by Crippen LogP contribution is 2.17. The molecule has 2 amide bonds. The lowest BCUT2D eigenvalue weighted by Crippen LogP contribution is -2.50. The van der Waals surface area contributed by atoms with Crippen LogP contribution in [0.25, 0.3) is 5.69 Å². The van der Waals surface area contributed by atoms with Gasteiger partial charge >= 0.3 is 0 Å². The monoisotopic (exact) mass is 405 g/mol. The first-order valence-corrected chi connectivity index (χ1v) is 10.3. The number of fused-ring (bicyclic) bond motifs is 1. The zero-order valence-electron chi connectivity index (χ0n) is 16.6. The van der Waals surface area contributed by atoms with E-state index in [2.05, 4.69) is 15.3 Å². The highest BCUT2D eigenvalue weighted by atomic mass is 16.2. The second kappa shape index (κ2) is 7.74. The molecule has 0 bridgehead atoms. The molecular formula is C21H23N7O2. The maximum absolute atomic E-state index is 12.8. The fraction of sp³-hybridized carbons (Fsp3) is 0.381. The molecule has 4 heterocycles. The van der Waals surface area contributed by atoms with Crippen LogP contribution in [0.4, 0.5) is 0 Å². The number of para-hydroxylation sites is 1. The molecule has 3 aromatic rings. The molecule has 9 heteroatoms. The molecule has 5 rings (SSSR count). The maximum atomic E-state index is 12.8. The number of benzene rings is 1. The molecular weight excluding hydrogens is 382 g/mol. The quantitative estimate of drug-likeness (QED) is 0.657. The van der Waals surface area contributed by atoms with Crippen LogP contribution in [0.15, 0.2) is 42.6 Å². The van der Waals surface area contributed by atoms with Gasteiger partial charge in [-0.3, -0.25) is 14.3 Å². The minimum atomic E-state index is -0.165. The smallest absolute Gasteiger partial charge is 0.276 e. The van der Waals surface area contributed by atoms with Gasteiger partial charge in [0.25, 0.3) is 11.8 Å². The van der Waals surface area contributed by atoms with Crippen LogP contribution in [0.2, 0.25) is 0 Å². The predicted molar refractivity (Wildman–Crippen MR) is 108 cm³/mol. The van der Waals surface area contributed by atoms with E-state index in [0.29, 0.717) is 37.6 Å².